The largest absolute Gasteiger partial charge is 0.496 e. The second kappa shape index (κ2) is 8.73. The number of carbonyl (C=O) groups is 1. The van der Waals surface area contributed by atoms with Crippen LogP contribution in [0, 0.1) is 0 Å². The van der Waals surface area contributed by atoms with Gasteiger partial charge in [-0.05, 0) is 37.9 Å². The highest BCUT2D eigenvalue weighted by atomic mass is 16.5. The van der Waals surface area contributed by atoms with E-state index in [2.05, 4.69) is 5.32 Å². The molecule has 27 heavy (non-hydrogen) atoms. The van der Waals surface area contributed by atoms with Crippen molar-refractivity contribution in [1.82, 2.24) is 9.47 Å². The minimum Gasteiger partial charge on any atom is -0.496 e. The van der Waals surface area contributed by atoms with E-state index in [1.54, 1.807) is 40.5 Å². The summed E-state index contributed by atoms with van der Waals surface area (Å²) in [5.74, 6) is 1.19. The van der Waals surface area contributed by atoms with Gasteiger partial charge in [0.2, 0.25) is 5.91 Å². The Kier molecular flexibility index (Phi) is 6.63. The minimum absolute atomic E-state index is 0.208. The van der Waals surface area contributed by atoms with Crippen LogP contribution in [0.2, 0.25) is 0 Å². The number of benzene rings is 1. The Bertz CT molecular complexity index is 862. The first kappa shape index (κ1) is 20.5. The quantitative estimate of drug-likeness (QED) is 0.807. The predicted octanol–water partition coefficient (Wildman–Crippen LogP) is 2.48. The molecular weight excluding hydrogens is 346 g/mol. The molecule has 146 valence electrons. The average Bonchev–Trinajstić information content (AvgIpc) is 2.64. The molecule has 0 saturated carbocycles. The van der Waals surface area contributed by atoms with Crippen molar-refractivity contribution in [2.24, 2.45) is 7.05 Å². The number of methoxy groups -OCH3 is 2. The molecule has 0 aliphatic carbocycles. The van der Waals surface area contributed by atoms with Crippen LogP contribution in [-0.2, 0) is 18.4 Å². The van der Waals surface area contributed by atoms with E-state index in [9.17, 15) is 9.59 Å². The fraction of sp³-hybridized carbons (Fsp3) is 0.400. The van der Waals surface area contributed by atoms with E-state index in [0.717, 1.165) is 16.7 Å². The van der Waals surface area contributed by atoms with Crippen LogP contribution < -0.4 is 20.3 Å². The molecular formula is C20H27N3O4. The van der Waals surface area contributed by atoms with Crippen molar-refractivity contribution in [3.8, 4) is 22.6 Å². The number of nitrogens with zero attached hydrogens (tertiary/aromatic N) is 2. The van der Waals surface area contributed by atoms with Crippen LogP contribution in [-0.4, -0.2) is 43.7 Å². The van der Waals surface area contributed by atoms with Gasteiger partial charge in [-0.1, -0.05) is 6.92 Å². The van der Waals surface area contributed by atoms with Gasteiger partial charge in [0, 0.05) is 31.8 Å². The summed E-state index contributed by atoms with van der Waals surface area (Å²) in [5, 5.41) is 2.66. The van der Waals surface area contributed by atoms with Crippen LogP contribution in [0.1, 0.15) is 18.9 Å². The first-order chi connectivity index (χ1) is 12.8. The number of pyridine rings is 1. The number of hydrogen-bond acceptors (Lipinski definition) is 5. The van der Waals surface area contributed by atoms with E-state index in [0.29, 0.717) is 24.5 Å². The SMILES string of the molecule is CCC(=O)Nc1cc(-c2cc(OC)c(CN(C)C)c(OC)c2)cn(C)c1=O. The van der Waals surface area contributed by atoms with Crippen LogP contribution in [0.5, 0.6) is 11.5 Å². The second-order valence-corrected chi connectivity index (χ2v) is 6.56. The molecule has 2 rings (SSSR count). The first-order valence-electron chi connectivity index (χ1n) is 8.71. The Labute approximate surface area is 159 Å². The molecule has 0 radical (unpaired) electrons. The van der Waals surface area contributed by atoms with Gasteiger partial charge in [-0.2, -0.15) is 0 Å². The number of hydrogen-bond donors (Lipinski definition) is 1. The van der Waals surface area contributed by atoms with Gasteiger partial charge >= 0.3 is 0 Å². The number of carbonyl (C=O) groups excluding carboxylic acids is 1. The molecule has 1 aromatic heterocycles. The molecule has 0 aliphatic heterocycles. The summed E-state index contributed by atoms with van der Waals surface area (Å²) in [4.78, 5) is 26.1. The van der Waals surface area contributed by atoms with Crippen molar-refractivity contribution < 1.29 is 14.3 Å². The lowest BCUT2D eigenvalue weighted by Gasteiger charge is -2.19. The number of aryl methyl sites for hydroxylation is 1. The standard InChI is InChI=1S/C20H27N3O4/c1-7-19(24)21-16-8-14(11-23(4)20(16)25)13-9-17(26-5)15(12-22(2)3)18(10-13)27-6/h8-11H,7,12H2,1-6H3,(H,21,24). The molecule has 1 N–H and O–H groups in total. The second-order valence-electron chi connectivity index (χ2n) is 6.56. The number of nitrogens with one attached hydrogen (secondary N) is 1. The van der Waals surface area contributed by atoms with E-state index < -0.39 is 0 Å². The fourth-order valence-electron chi connectivity index (χ4n) is 2.82. The summed E-state index contributed by atoms with van der Waals surface area (Å²) in [7, 11) is 8.84. The maximum atomic E-state index is 12.3. The fourth-order valence-corrected chi connectivity index (χ4v) is 2.82. The smallest absolute Gasteiger partial charge is 0.274 e. The van der Waals surface area contributed by atoms with E-state index in [-0.39, 0.29) is 17.2 Å². The Balaban J connectivity index is 2.60. The summed E-state index contributed by atoms with van der Waals surface area (Å²) in [6.45, 7) is 2.40. The highest BCUT2D eigenvalue weighted by molar-refractivity contribution is 5.91. The summed E-state index contributed by atoms with van der Waals surface area (Å²) in [5.41, 5.74) is 2.53. The van der Waals surface area contributed by atoms with Gasteiger partial charge in [0.15, 0.2) is 0 Å². The summed E-state index contributed by atoms with van der Waals surface area (Å²) >= 11 is 0. The third-order valence-electron chi connectivity index (χ3n) is 4.19. The molecule has 1 heterocycles. The van der Waals surface area contributed by atoms with Crippen molar-refractivity contribution in [3.63, 3.8) is 0 Å². The lowest BCUT2D eigenvalue weighted by molar-refractivity contribution is -0.115. The van der Waals surface area contributed by atoms with Crippen molar-refractivity contribution in [1.29, 1.82) is 0 Å². The van der Waals surface area contributed by atoms with Gasteiger partial charge in [0.05, 0.1) is 19.8 Å². The zero-order valence-corrected chi connectivity index (χ0v) is 16.8. The van der Waals surface area contributed by atoms with Gasteiger partial charge in [0.1, 0.15) is 17.2 Å². The topological polar surface area (TPSA) is 72.8 Å². The molecule has 0 bridgehead atoms. The van der Waals surface area contributed by atoms with Gasteiger partial charge in [-0.3, -0.25) is 9.59 Å². The molecule has 7 heteroatoms. The van der Waals surface area contributed by atoms with E-state index in [1.807, 2.05) is 31.1 Å². The van der Waals surface area contributed by atoms with Crippen molar-refractivity contribution in [3.05, 3.63) is 40.3 Å². The number of ether oxygens (including phenoxy) is 2. The maximum Gasteiger partial charge on any atom is 0.274 e. The normalized spacial score (nSPS) is 10.8. The highest BCUT2D eigenvalue weighted by Gasteiger charge is 2.16. The van der Waals surface area contributed by atoms with Crippen molar-refractivity contribution in [2.75, 3.05) is 33.6 Å². The molecule has 7 nitrogen and oxygen atoms in total. The lowest BCUT2D eigenvalue weighted by atomic mass is 10.0. The molecule has 0 aliphatic rings. The zero-order valence-electron chi connectivity index (χ0n) is 16.8. The van der Waals surface area contributed by atoms with Crippen molar-refractivity contribution in [2.45, 2.75) is 19.9 Å². The van der Waals surface area contributed by atoms with Crippen LogP contribution in [0.25, 0.3) is 11.1 Å². The van der Waals surface area contributed by atoms with Crippen molar-refractivity contribution >= 4 is 11.6 Å². The Morgan fingerprint density at radius 3 is 2.19 bits per heavy atom. The molecule has 0 spiro atoms. The average molecular weight is 373 g/mol. The number of aromatic nitrogens is 1. The van der Waals surface area contributed by atoms with Gasteiger partial charge in [-0.15, -0.1) is 0 Å². The molecule has 0 fully saturated rings. The molecule has 2 aromatic rings. The zero-order chi connectivity index (χ0) is 20.1. The highest BCUT2D eigenvalue weighted by Crippen LogP contribution is 2.36. The van der Waals surface area contributed by atoms with Crippen LogP contribution in [0.4, 0.5) is 5.69 Å². The third-order valence-corrected chi connectivity index (χ3v) is 4.19. The number of amides is 1. The Morgan fingerprint density at radius 2 is 1.70 bits per heavy atom. The molecule has 1 aromatic carbocycles. The third kappa shape index (κ3) is 4.68. The van der Waals surface area contributed by atoms with Gasteiger partial charge in [0.25, 0.3) is 5.56 Å². The molecule has 0 saturated heterocycles. The van der Waals surface area contributed by atoms with Crippen LogP contribution in [0.15, 0.2) is 29.2 Å². The monoisotopic (exact) mass is 373 g/mol. The summed E-state index contributed by atoms with van der Waals surface area (Å²) in [6, 6.07) is 5.49. The minimum atomic E-state index is -0.260. The lowest BCUT2D eigenvalue weighted by Crippen LogP contribution is -2.23. The molecule has 0 atom stereocenters. The summed E-state index contributed by atoms with van der Waals surface area (Å²) in [6.07, 6.45) is 2.03. The molecule has 1 amide bonds. The Hall–Kier alpha value is -2.80. The summed E-state index contributed by atoms with van der Waals surface area (Å²) < 4.78 is 12.6. The van der Waals surface area contributed by atoms with Gasteiger partial charge in [-0.25, -0.2) is 0 Å². The predicted molar refractivity (Wildman–Crippen MR) is 107 cm³/mol. The Morgan fingerprint density at radius 1 is 1.11 bits per heavy atom. The number of rotatable bonds is 7. The van der Waals surface area contributed by atoms with E-state index in [4.69, 9.17) is 9.47 Å². The van der Waals surface area contributed by atoms with E-state index in [1.165, 1.54) is 4.57 Å². The maximum absolute atomic E-state index is 12.3. The number of anilines is 1. The van der Waals surface area contributed by atoms with Crippen LogP contribution >= 0.6 is 0 Å². The molecule has 0 unspecified atom stereocenters. The van der Waals surface area contributed by atoms with Crippen LogP contribution in [0.3, 0.4) is 0 Å². The van der Waals surface area contributed by atoms with Gasteiger partial charge < -0.3 is 24.3 Å². The first-order valence-corrected chi connectivity index (χ1v) is 8.71. The van der Waals surface area contributed by atoms with E-state index >= 15 is 0 Å².